The monoisotopic (exact) mass is 224 g/mol. The number of aryl methyl sites for hydroxylation is 1. The molecule has 1 N–H and O–H groups in total. The van der Waals surface area contributed by atoms with E-state index in [2.05, 4.69) is 37.8 Å². The SMILES string of the molecule is C=C(Cc1ccc(C)cc1)c1ccc(O)cc1. The molecule has 0 amide bonds. The van der Waals surface area contributed by atoms with E-state index in [0.29, 0.717) is 0 Å². The van der Waals surface area contributed by atoms with E-state index in [4.69, 9.17) is 0 Å². The maximum Gasteiger partial charge on any atom is 0.115 e. The molecule has 2 aromatic carbocycles. The lowest BCUT2D eigenvalue weighted by molar-refractivity contribution is 0.475. The van der Waals surface area contributed by atoms with Crippen molar-refractivity contribution in [2.75, 3.05) is 0 Å². The molecule has 2 rings (SSSR count). The summed E-state index contributed by atoms with van der Waals surface area (Å²) in [5.41, 5.74) is 4.66. The Morgan fingerprint density at radius 3 is 2.18 bits per heavy atom. The van der Waals surface area contributed by atoms with Gasteiger partial charge in [-0.25, -0.2) is 0 Å². The Morgan fingerprint density at radius 1 is 1.00 bits per heavy atom. The van der Waals surface area contributed by atoms with Gasteiger partial charge in [0.1, 0.15) is 5.75 Å². The summed E-state index contributed by atoms with van der Waals surface area (Å²) < 4.78 is 0. The first kappa shape index (κ1) is 11.5. The Morgan fingerprint density at radius 2 is 1.59 bits per heavy atom. The maximum atomic E-state index is 9.23. The van der Waals surface area contributed by atoms with Crippen LogP contribution in [0.4, 0.5) is 0 Å². The number of rotatable bonds is 3. The van der Waals surface area contributed by atoms with E-state index >= 15 is 0 Å². The molecule has 0 saturated carbocycles. The van der Waals surface area contributed by atoms with Crippen LogP contribution in [-0.2, 0) is 6.42 Å². The van der Waals surface area contributed by atoms with Crippen molar-refractivity contribution in [3.05, 3.63) is 71.8 Å². The Bertz CT molecular complexity index is 506. The van der Waals surface area contributed by atoms with Crippen LogP contribution in [0.5, 0.6) is 5.75 Å². The molecule has 0 saturated heterocycles. The lowest BCUT2D eigenvalue weighted by atomic mass is 9.99. The second kappa shape index (κ2) is 4.88. The predicted molar refractivity (Wildman–Crippen MR) is 72.0 cm³/mol. The Hall–Kier alpha value is -2.02. The molecule has 0 bridgehead atoms. The molecule has 0 aliphatic rings. The minimum Gasteiger partial charge on any atom is -0.508 e. The smallest absolute Gasteiger partial charge is 0.115 e. The molecule has 0 radical (unpaired) electrons. The molecular formula is C16H16O. The summed E-state index contributed by atoms with van der Waals surface area (Å²) in [6.45, 7) is 6.17. The van der Waals surface area contributed by atoms with Gasteiger partial charge in [0.2, 0.25) is 0 Å². The maximum absolute atomic E-state index is 9.23. The van der Waals surface area contributed by atoms with Crippen molar-refractivity contribution in [2.24, 2.45) is 0 Å². The van der Waals surface area contributed by atoms with Crippen molar-refractivity contribution in [3.63, 3.8) is 0 Å². The zero-order chi connectivity index (χ0) is 12.3. The van der Waals surface area contributed by atoms with Gasteiger partial charge in [-0.2, -0.15) is 0 Å². The van der Waals surface area contributed by atoms with Gasteiger partial charge in [0.25, 0.3) is 0 Å². The molecule has 0 atom stereocenters. The van der Waals surface area contributed by atoms with Gasteiger partial charge in [0.15, 0.2) is 0 Å². The molecule has 0 spiro atoms. The van der Waals surface area contributed by atoms with Crippen molar-refractivity contribution >= 4 is 5.57 Å². The van der Waals surface area contributed by atoms with Crippen molar-refractivity contribution in [1.82, 2.24) is 0 Å². The summed E-state index contributed by atoms with van der Waals surface area (Å²) in [6, 6.07) is 15.6. The first-order valence-corrected chi connectivity index (χ1v) is 5.68. The molecule has 0 heterocycles. The summed E-state index contributed by atoms with van der Waals surface area (Å²) in [4.78, 5) is 0. The largest absolute Gasteiger partial charge is 0.508 e. The molecule has 1 nitrogen and oxygen atoms in total. The van der Waals surface area contributed by atoms with Gasteiger partial charge in [-0.3, -0.25) is 0 Å². The highest BCUT2D eigenvalue weighted by atomic mass is 16.3. The Kier molecular flexibility index (Phi) is 3.29. The number of hydrogen-bond donors (Lipinski definition) is 1. The van der Waals surface area contributed by atoms with Crippen LogP contribution in [0.3, 0.4) is 0 Å². The molecule has 17 heavy (non-hydrogen) atoms. The van der Waals surface area contributed by atoms with Crippen LogP contribution >= 0.6 is 0 Å². The highest BCUT2D eigenvalue weighted by Crippen LogP contribution is 2.20. The van der Waals surface area contributed by atoms with Crippen LogP contribution in [0, 0.1) is 6.92 Å². The molecule has 86 valence electrons. The predicted octanol–water partition coefficient (Wildman–Crippen LogP) is 3.96. The molecule has 0 aliphatic carbocycles. The van der Waals surface area contributed by atoms with Crippen LogP contribution in [0.15, 0.2) is 55.1 Å². The molecule has 0 aromatic heterocycles. The fourth-order valence-electron chi connectivity index (χ4n) is 1.75. The summed E-state index contributed by atoms with van der Waals surface area (Å²) >= 11 is 0. The highest BCUT2D eigenvalue weighted by Gasteiger charge is 2.01. The number of phenols is 1. The van der Waals surface area contributed by atoms with Gasteiger partial charge in [-0.05, 0) is 42.2 Å². The normalized spacial score (nSPS) is 10.2. The molecule has 1 heteroatoms. The summed E-state index contributed by atoms with van der Waals surface area (Å²) in [7, 11) is 0. The third-order valence-electron chi connectivity index (χ3n) is 2.81. The van der Waals surface area contributed by atoms with Crippen LogP contribution < -0.4 is 0 Å². The minimum absolute atomic E-state index is 0.289. The second-order valence-electron chi connectivity index (χ2n) is 4.31. The van der Waals surface area contributed by atoms with Crippen LogP contribution in [0.2, 0.25) is 0 Å². The Balaban J connectivity index is 2.11. The van der Waals surface area contributed by atoms with Gasteiger partial charge >= 0.3 is 0 Å². The first-order chi connectivity index (χ1) is 8.15. The number of benzene rings is 2. The van der Waals surface area contributed by atoms with E-state index in [9.17, 15) is 5.11 Å². The van der Waals surface area contributed by atoms with Crippen LogP contribution in [-0.4, -0.2) is 5.11 Å². The minimum atomic E-state index is 0.289. The molecule has 0 unspecified atom stereocenters. The summed E-state index contributed by atoms with van der Waals surface area (Å²) in [5.74, 6) is 0.289. The number of phenolic OH excluding ortho intramolecular Hbond substituents is 1. The third kappa shape index (κ3) is 2.97. The van der Waals surface area contributed by atoms with E-state index in [1.54, 1.807) is 12.1 Å². The first-order valence-electron chi connectivity index (χ1n) is 5.68. The van der Waals surface area contributed by atoms with E-state index < -0.39 is 0 Å². The second-order valence-corrected chi connectivity index (χ2v) is 4.31. The van der Waals surface area contributed by atoms with Gasteiger partial charge in [-0.1, -0.05) is 48.5 Å². The number of allylic oxidation sites excluding steroid dienone is 1. The van der Waals surface area contributed by atoms with E-state index in [0.717, 1.165) is 17.6 Å². The van der Waals surface area contributed by atoms with Crippen LogP contribution in [0.25, 0.3) is 5.57 Å². The zero-order valence-corrected chi connectivity index (χ0v) is 9.98. The molecular weight excluding hydrogens is 208 g/mol. The van der Waals surface area contributed by atoms with Crippen molar-refractivity contribution in [1.29, 1.82) is 0 Å². The lowest BCUT2D eigenvalue weighted by Crippen LogP contribution is -1.89. The number of aromatic hydroxyl groups is 1. The van der Waals surface area contributed by atoms with Gasteiger partial charge < -0.3 is 5.11 Å². The third-order valence-corrected chi connectivity index (χ3v) is 2.81. The van der Waals surface area contributed by atoms with Crippen molar-refractivity contribution < 1.29 is 5.11 Å². The topological polar surface area (TPSA) is 20.2 Å². The van der Waals surface area contributed by atoms with Crippen molar-refractivity contribution in [2.45, 2.75) is 13.3 Å². The average molecular weight is 224 g/mol. The lowest BCUT2D eigenvalue weighted by Gasteiger charge is -2.06. The van der Waals surface area contributed by atoms with Crippen molar-refractivity contribution in [3.8, 4) is 5.75 Å². The van der Waals surface area contributed by atoms with E-state index in [1.165, 1.54) is 11.1 Å². The quantitative estimate of drug-likeness (QED) is 0.836. The zero-order valence-electron chi connectivity index (χ0n) is 9.98. The summed E-state index contributed by atoms with van der Waals surface area (Å²) in [5, 5.41) is 9.23. The van der Waals surface area contributed by atoms with Gasteiger partial charge in [-0.15, -0.1) is 0 Å². The fourth-order valence-corrected chi connectivity index (χ4v) is 1.75. The fraction of sp³-hybridized carbons (Fsp3) is 0.125. The van der Waals surface area contributed by atoms with Crippen LogP contribution in [0.1, 0.15) is 16.7 Å². The number of hydrogen-bond acceptors (Lipinski definition) is 1. The van der Waals surface area contributed by atoms with Gasteiger partial charge in [0.05, 0.1) is 0 Å². The molecule has 0 fully saturated rings. The Labute approximate surface area is 102 Å². The molecule has 0 aliphatic heterocycles. The molecule has 2 aromatic rings. The van der Waals surface area contributed by atoms with E-state index in [1.807, 2.05) is 12.1 Å². The van der Waals surface area contributed by atoms with Gasteiger partial charge in [0, 0.05) is 0 Å². The average Bonchev–Trinajstić information content (AvgIpc) is 2.33. The standard InChI is InChI=1S/C16H16O/c1-12-3-5-14(6-4-12)11-13(2)15-7-9-16(17)10-8-15/h3-10,17H,2,11H2,1H3. The summed E-state index contributed by atoms with van der Waals surface area (Å²) in [6.07, 6.45) is 0.838. The highest BCUT2D eigenvalue weighted by molar-refractivity contribution is 5.66. The van der Waals surface area contributed by atoms with E-state index in [-0.39, 0.29) is 5.75 Å².